The van der Waals surface area contributed by atoms with E-state index >= 15 is 0 Å². The Morgan fingerprint density at radius 2 is 1.88 bits per heavy atom. The van der Waals surface area contributed by atoms with Gasteiger partial charge in [-0.1, -0.05) is 13.0 Å². The fraction of sp³-hybridized carbons (Fsp3) is 0.278. The van der Waals surface area contributed by atoms with Gasteiger partial charge in [0.15, 0.2) is 0 Å². The van der Waals surface area contributed by atoms with Crippen LogP contribution in [0.1, 0.15) is 23.6 Å². The lowest BCUT2D eigenvalue weighted by molar-refractivity contribution is 0.120. The molecule has 0 spiro atoms. The van der Waals surface area contributed by atoms with Crippen LogP contribution in [0.5, 0.6) is 11.5 Å². The molecule has 6 heteroatoms. The Morgan fingerprint density at radius 3 is 2.54 bits per heavy atom. The van der Waals surface area contributed by atoms with Gasteiger partial charge in [0.1, 0.15) is 29.7 Å². The van der Waals surface area contributed by atoms with Crippen molar-refractivity contribution in [3.8, 4) is 11.5 Å². The van der Waals surface area contributed by atoms with Crippen LogP contribution in [0.2, 0.25) is 0 Å². The molecule has 0 heterocycles. The molecule has 0 atom stereocenters. The highest BCUT2D eigenvalue weighted by Crippen LogP contribution is 2.27. The second kappa shape index (κ2) is 7.77. The predicted molar refractivity (Wildman–Crippen MR) is 84.3 cm³/mol. The van der Waals surface area contributed by atoms with Gasteiger partial charge in [0, 0.05) is 6.07 Å². The van der Waals surface area contributed by atoms with Crippen molar-refractivity contribution in [3.63, 3.8) is 0 Å². The first-order valence-electron chi connectivity index (χ1n) is 7.41. The summed E-state index contributed by atoms with van der Waals surface area (Å²) in [6, 6.07) is 7.01. The third-order valence-electron chi connectivity index (χ3n) is 3.53. The van der Waals surface area contributed by atoms with E-state index < -0.39 is 12.0 Å². The largest absolute Gasteiger partial charge is 0.513 e. The summed E-state index contributed by atoms with van der Waals surface area (Å²) >= 11 is 0. The second-order valence-corrected chi connectivity index (χ2v) is 5.12. The Morgan fingerprint density at radius 1 is 1.12 bits per heavy atom. The fourth-order valence-electron chi connectivity index (χ4n) is 2.21. The lowest BCUT2D eigenvalue weighted by Crippen LogP contribution is -2.11. The summed E-state index contributed by atoms with van der Waals surface area (Å²) in [7, 11) is 1.15. The van der Waals surface area contributed by atoms with E-state index in [0.29, 0.717) is 17.7 Å². The molecule has 0 aliphatic rings. The number of aryl methyl sites for hydroxylation is 2. The van der Waals surface area contributed by atoms with Gasteiger partial charge < -0.3 is 14.2 Å². The van der Waals surface area contributed by atoms with Crippen LogP contribution in [0.25, 0.3) is 0 Å². The van der Waals surface area contributed by atoms with Crippen molar-refractivity contribution in [2.45, 2.75) is 26.9 Å². The molecule has 2 rings (SSSR count). The smallest absolute Gasteiger partial charge is 0.488 e. The highest BCUT2D eigenvalue weighted by Gasteiger charge is 2.15. The molecule has 24 heavy (non-hydrogen) atoms. The SMILES string of the molecule is CCc1cc(C)c(OCc2c(F)cccc2OC(=O)OC)cc1F. The number of benzene rings is 2. The normalized spacial score (nSPS) is 10.4. The Kier molecular flexibility index (Phi) is 5.73. The van der Waals surface area contributed by atoms with Crippen molar-refractivity contribution < 1.29 is 27.8 Å². The average molecular weight is 336 g/mol. The molecule has 0 saturated carbocycles. The molecule has 0 bridgehead atoms. The van der Waals surface area contributed by atoms with Gasteiger partial charge in [-0.2, -0.15) is 0 Å². The zero-order chi connectivity index (χ0) is 17.7. The maximum Gasteiger partial charge on any atom is 0.513 e. The number of methoxy groups -OCH3 is 1. The van der Waals surface area contributed by atoms with Crippen molar-refractivity contribution in [2.75, 3.05) is 7.11 Å². The first-order chi connectivity index (χ1) is 11.5. The molecule has 0 fully saturated rings. The van der Waals surface area contributed by atoms with E-state index in [0.717, 1.165) is 12.7 Å². The number of halogens is 2. The molecule has 0 amide bonds. The monoisotopic (exact) mass is 336 g/mol. The van der Waals surface area contributed by atoms with Crippen LogP contribution in [0.4, 0.5) is 13.6 Å². The number of carbonyl (C=O) groups excluding carboxylic acids is 1. The fourth-order valence-corrected chi connectivity index (χ4v) is 2.21. The summed E-state index contributed by atoms with van der Waals surface area (Å²) in [5.74, 6) is -0.681. The number of carbonyl (C=O) groups is 1. The number of hydrogen-bond donors (Lipinski definition) is 0. The molecule has 128 valence electrons. The van der Waals surface area contributed by atoms with Crippen LogP contribution in [-0.4, -0.2) is 13.3 Å². The molecule has 0 aliphatic heterocycles. The topological polar surface area (TPSA) is 44.8 Å². The van der Waals surface area contributed by atoms with Gasteiger partial charge in [0.25, 0.3) is 0 Å². The molecule has 4 nitrogen and oxygen atoms in total. The Labute approximate surface area is 139 Å². The van der Waals surface area contributed by atoms with E-state index in [1.807, 2.05) is 6.92 Å². The molecule has 0 aromatic heterocycles. The van der Waals surface area contributed by atoms with E-state index in [2.05, 4.69) is 4.74 Å². The molecular weight excluding hydrogens is 318 g/mol. The zero-order valence-corrected chi connectivity index (χ0v) is 13.7. The first kappa shape index (κ1) is 17.7. The van der Waals surface area contributed by atoms with E-state index in [4.69, 9.17) is 9.47 Å². The Hall–Kier alpha value is -2.63. The predicted octanol–water partition coefficient (Wildman–Crippen LogP) is 4.56. The molecule has 0 radical (unpaired) electrons. The molecule has 0 N–H and O–H groups in total. The maximum atomic E-state index is 14.0. The van der Waals surface area contributed by atoms with Gasteiger partial charge in [-0.05, 0) is 42.7 Å². The number of ether oxygens (including phenoxy) is 3. The Balaban J connectivity index is 2.23. The van der Waals surface area contributed by atoms with E-state index in [9.17, 15) is 13.6 Å². The molecule has 0 unspecified atom stereocenters. The maximum absolute atomic E-state index is 14.0. The van der Waals surface area contributed by atoms with Crippen molar-refractivity contribution in [1.82, 2.24) is 0 Å². The standard InChI is InChI=1S/C18H18F2O4/c1-4-12-8-11(2)17(9-15(12)20)23-10-13-14(19)6-5-7-16(13)24-18(21)22-3/h5-9H,4,10H2,1-3H3. The molecule has 2 aromatic carbocycles. The van der Waals surface area contributed by atoms with Crippen LogP contribution >= 0.6 is 0 Å². The molecule has 0 aliphatic carbocycles. The highest BCUT2D eigenvalue weighted by atomic mass is 19.1. The van der Waals surface area contributed by atoms with Gasteiger partial charge in [0.05, 0.1) is 12.7 Å². The van der Waals surface area contributed by atoms with E-state index in [1.165, 1.54) is 24.3 Å². The summed E-state index contributed by atoms with van der Waals surface area (Å²) < 4.78 is 42.7. The van der Waals surface area contributed by atoms with Crippen LogP contribution in [0, 0.1) is 18.6 Å². The second-order valence-electron chi connectivity index (χ2n) is 5.12. The van der Waals surface area contributed by atoms with Gasteiger partial charge >= 0.3 is 6.16 Å². The summed E-state index contributed by atoms with van der Waals surface area (Å²) in [5.41, 5.74) is 1.36. The summed E-state index contributed by atoms with van der Waals surface area (Å²) in [6.45, 7) is 3.42. The van der Waals surface area contributed by atoms with Crippen molar-refractivity contribution >= 4 is 6.16 Å². The van der Waals surface area contributed by atoms with Gasteiger partial charge in [0.2, 0.25) is 0 Å². The average Bonchev–Trinajstić information content (AvgIpc) is 2.56. The first-order valence-corrected chi connectivity index (χ1v) is 7.41. The Bertz CT molecular complexity index is 744. The van der Waals surface area contributed by atoms with E-state index in [-0.39, 0.29) is 23.7 Å². The van der Waals surface area contributed by atoms with Gasteiger partial charge in [-0.25, -0.2) is 13.6 Å². The van der Waals surface area contributed by atoms with E-state index in [1.54, 1.807) is 13.0 Å². The third kappa shape index (κ3) is 4.01. The van der Waals surface area contributed by atoms with Crippen molar-refractivity contribution in [3.05, 3.63) is 58.7 Å². The molecule has 2 aromatic rings. The lowest BCUT2D eigenvalue weighted by atomic mass is 10.1. The van der Waals surface area contributed by atoms with Gasteiger partial charge in [-0.15, -0.1) is 0 Å². The summed E-state index contributed by atoms with van der Waals surface area (Å²) in [6.07, 6.45) is -0.395. The minimum absolute atomic E-state index is 0.00912. The highest BCUT2D eigenvalue weighted by molar-refractivity contribution is 5.64. The van der Waals surface area contributed by atoms with Gasteiger partial charge in [-0.3, -0.25) is 0 Å². The zero-order valence-electron chi connectivity index (χ0n) is 13.7. The number of rotatable bonds is 5. The lowest BCUT2D eigenvalue weighted by Gasteiger charge is -2.14. The number of hydrogen-bond acceptors (Lipinski definition) is 4. The minimum Gasteiger partial charge on any atom is -0.488 e. The van der Waals surface area contributed by atoms with Crippen LogP contribution in [0.15, 0.2) is 30.3 Å². The van der Waals surface area contributed by atoms with Crippen LogP contribution in [0.3, 0.4) is 0 Å². The van der Waals surface area contributed by atoms with Crippen molar-refractivity contribution in [2.24, 2.45) is 0 Å². The van der Waals surface area contributed by atoms with Crippen molar-refractivity contribution in [1.29, 1.82) is 0 Å². The minimum atomic E-state index is -0.962. The van der Waals surface area contributed by atoms with Crippen LogP contribution in [-0.2, 0) is 17.8 Å². The molecule has 0 saturated heterocycles. The summed E-state index contributed by atoms with van der Waals surface area (Å²) in [5, 5.41) is 0. The quantitative estimate of drug-likeness (QED) is 0.593. The van der Waals surface area contributed by atoms with Crippen LogP contribution < -0.4 is 9.47 Å². The third-order valence-corrected chi connectivity index (χ3v) is 3.53. The molecular formula is C18H18F2O4. The summed E-state index contributed by atoms with van der Waals surface area (Å²) in [4.78, 5) is 11.2.